The third kappa shape index (κ3) is 3.35. The molecule has 0 unspecified atom stereocenters. The van der Waals surface area contributed by atoms with Gasteiger partial charge in [0.25, 0.3) is 0 Å². The molecule has 22 heavy (non-hydrogen) atoms. The molecule has 3 rings (SSSR count). The van der Waals surface area contributed by atoms with E-state index in [1.54, 1.807) is 24.3 Å². The lowest BCUT2D eigenvalue weighted by molar-refractivity contribution is 0.595. The second-order valence-electron chi connectivity index (χ2n) is 4.70. The number of nitrogens with zero attached hydrogens (tertiary/aromatic N) is 2. The normalized spacial score (nSPS) is 11.5. The van der Waals surface area contributed by atoms with Crippen LogP contribution in [0.2, 0.25) is 5.02 Å². The average molecular weight is 351 g/mol. The van der Waals surface area contributed by atoms with Crippen LogP contribution < -0.4 is 0 Å². The minimum atomic E-state index is -3.38. The predicted octanol–water partition coefficient (Wildman–Crippen LogP) is 3.83. The van der Waals surface area contributed by atoms with Gasteiger partial charge in [0.1, 0.15) is 5.69 Å². The molecule has 0 aliphatic rings. The highest BCUT2D eigenvalue weighted by molar-refractivity contribution is 7.90. The van der Waals surface area contributed by atoms with E-state index < -0.39 is 9.84 Å². The van der Waals surface area contributed by atoms with Gasteiger partial charge in [0.05, 0.1) is 10.6 Å². The summed E-state index contributed by atoms with van der Waals surface area (Å²) >= 11 is 7.06. The second-order valence-corrected chi connectivity index (χ2v) is 7.74. The van der Waals surface area contributed by atoms with Crippen molar-refractivity contribution in [2.24, 2.45) is 0 Å². The van der Waals surface area contributed by atoms with Gasteiger partial charge < -0.3 is 0 Å². The van der Waals surface area contributed by atoms with Crippen LogP contribution in [0.4, 0.5) is 0 Å². The van der Waals surface area contributed by atoms with Crippen LogP contribution in [0.25, 0.3) is 11.3 Å². The minimum Gasteiger partial charge on any atom is -0.223 e. The highest BCUT2D eigenvalue weighted by Gasteiger charge is 2.15. The van der Waals surface area contributed by atoms with Crippen LogP contribution in [-0.2, 0) is 15.6 Å². The van der Waals surface area contributed by atoms with E-state index in [1.807, 2.05) is 17.5 Å². The van der Waals surface area contributed by atoms with Gasteiger partial charge in [-0.25, -0.2) is 8.42 Å². The standard InChI is InChI=1S/C15H11ClN2O2S2/c16-13-5-7-14(8-6-13)22(19,20)10-11-1-3-12(4-2-11)15-9-21-18-17-15/h1-9H,10H2. The van der Waals surface area contributed by atoms with Gasteiger partial charge in [-0.1, -0.05) is 40.4 Å². The number of hydrogen-bond donors (Lipinski definition) is 0. The van der Waals surface area contributed by atoms with E-state index in [0.29, 0.717) is 5.02 Å². The molecule has 1 heterocycles. The van der Waals surface area contributed by atoms with Crippen LogP contribution in [0.1, 0.15) is 5.56 Å². The quantitative estimate of drug-likeness (QED) is 0.717. The van der Waals surface area contributed by atoms with Crippen LogP contribution in [-0.4, -0.2) is 18.0 Å². The lowest BCUT2D eigenvalue weighted by Gasteiger charge is -2.05. The summed E-state index contributed by atoms with van der Waals surface area (Å²) in [6.07, 6.45) is 0. The van der Waals surface area contributed by atoms with Gasteiger partial charge in [-0.15, -0.1) is 5.10 Å². The third-order valence-corrected chi connectivity index (χ3v) is 5.60. The summed E-state index contributed by atoms with van der Waals surface area (Å²) in [5.74, 6) is -0.0514. The molecule has 0 bridgehead atoms. The first kappa shape index (κ1) is 15.1. The SMILES string of the molecule is O=S(=O)(Cc1ccc(-c2csnn2)cc1)c1ccc(Cl)cc1. The molecule has 0 atom stereocenters. The Morgan fingerprint density at radius 1 is 1.00 bits per heavy atom. The van der Waals surface area contributed by atoms with Gasteiger partial charge in [0.15, 0.2) is 9.84 Å². The molecule has 7 heteroatoms. The molecule has 0 N–H and O–H groups in total. The van der Waals surface area contributed by atoms with E-state index in [1.165, 1.54) is 23.7 Å². The summed E-state index contributed by atoms with van der Waals surface area (Å²) in [7, 11) is -3.38. The van der Waals surface area contributed by atoms with Crippen LogP contribution in [0.5, 0.6) is 0 Å². The number of aromatic nitrogens is 2. The Bertz CT molecular complexity index is 859. The number of benzene rings is 2. The van der Waals surface area contributed by atoms with Crippen molar-refractivity contribution in [2.75, 3.05) is 0 Å². The largest absolute Gasteiger partial charge is 0.223 e. The van der Waals surface area contributed by atoms with Crippen LogP contribution >= 0.6 is 23.1 Å². The lowest BCUT2D eigenvalue weighted by Crippen LogP contribution is -2.04. The first-order chi connectivity index (χ1) is 10.5. The molecule has 0 saturated carbocycles. The van der Waals surface area contributed by atoms with E-state index >= 15 is 0 Å². The van der Waals surface area contributed by atoms with Gasteiger partial charge in [0, 0.05) is 16.0 Å². The Morgan fingerprint density at radius 2 is 1.68 bits per heavy atom. The molecule has 4 nitrogen and oxygen atoms in total. The molecular formula is C15H11ClN2O2S2. The van der Waals surface area contributed by atoms with Crippen molar-refractivity contribution in [3.8, 4) is 11.3 Å². The van der Waals surface area contributed by atoms with Gasteiger partial charge in [-0.3, -0.25) is 0 Å². The zero-order valence-electron chi connectivity index (χ0n) is 11.3. The molecule has 0 radical (unpaired) electrons. The zero-order chi connectivity index (χ0) is 15.6. The minimum absolute atomic E-state index is 0.0514. The summed E-state index contributed by atoms with van der Waals surface area (Å²) in [4.78, 5) is 0.268. The summed E-state index contributed by atoms with van der Waals surface area (Å²) < 4.78 is 28.5. The Hall–Kier alpha value is -1.76. The summed E-state index contributed by atoms with van der Waals surface area (Å²) in [6, 6.07) is 13.5. The highest BCUT2D eigenvalue weighted by Crippen LogP contribution is 2.22. The van der Waals surface area contributed by atoms with Crippen molar-refractivity contribution < 1.29 is 8.42 Å². The number of hydrogen-bond acceptors (Lipinski definition) is 5. The number of halogens is 1. The van der Waals surface area contributed by atoms with Gasteiger partial charge in [0.2, 0.25) is 0 Å². The molecule has 0 spiro atoms. The average Bonchev–Trinajstić information content (AvgIpc) is 3.02. The van der Waals surface area contributed by atoms with Crippen LogP contribution in [0.3, 0.4) is 0 Å². The van der Waals surface area contributed by atoms with E-state index in [2.05, 4.69) is 9.59 Å². The highest BCUT2D eigenvalue weighted by atomic mass is 35.5. The fraction of sp³-hybridized carbons (Fsp3) is 0.0667. The third-order valence-electron chi connectivity index (χ3n) is 3.14. The van der Waals surface area contributed by atoms with Gasteiger partial charge in [-0.05, 0) is 41.4 Å². The second kappa shape index (κ2) is 6.16. The zero-order valence-corrected chi connectivity index (χ0v) is 13.7. The molecule has 0 saturated heterocycles. The van der Waals surface area contributed by atoms with Crippen molar-refractivity contribution in [2.45, 2.75) is 10.6 Å². The van der Waals surface area contributed by atoms with Gasteiger partial charge in [-0.2, -0.15) is 0 Å². The number of sulfone groups is 1. The van der Waals surface area contributed by atoms with Crippen molar-refractivity contribution in [3.63, 3.8) is 0 Å². The van der Waals surface area contributed by atoms with E-state index in [-0.39, 0.29) is 10.6 Å². The van der Waals surface area contributed by atoms with E-state index in [9.17, 15) is 8.42 Å². The van der Waals surface area contributed by atoms with Crippen molar-refractivity contribution in [3.05, 3.63) is 64.5 Å². The van der Waals surface area contributed by atoms with Crippen LogP contribution in [0.15, 0.2) is 58.8 Å². The predicted molar refractivity (Wildman–Crippen MR) is 87.7 cm³/mol. The van der Waals surface area contributed by atoms with Crippen molar-refractivity contribution in [1.82, 2.24) is 9.59 Å². The Labute approximate surface area is 137 Å². The summed E-state index contributed by atoms with van der Waals surface area (Å²) in [5, 5.41) is 6.35. The van der Waals surface area contributed by atoms with E-state index in [4.69, 9.17) is 11.6 Å². The maximum absolute atomic E-state index is 12.4. The maximum Gasteiger partial charge on any atom is 0.182 e. The monoisotopic (exact) mass is 350 g/mol. The molecule has 112 valence electrons. The number of rotatable bonds is 4. The van der Waals surface area contributed by atoms with E-state index in [0.717, 1.165) is 16.8 Å². The maximum atomic E-state index is 12.4. The lowest BCUT2D eigenvalue weighted by atomic mass is 10.1. The smallest absolute Gasteiger partial charge is 0.182 e. The molecule has 3 aromatic rings. The first-order valence-electron chi connectivity index (χ1n) is 6.39. The fourth-order valence-corrected chi connectivity index (χ4v) is 3.95. The molecule has 0 aliphatic carbocycles. The van der Waals surface area contributed by atoms with Crippen LogP contribution in [0, 0.1) is 0 Å². The topological polar surface area (TPSA) is 59.9 Å². The first-order valence-corrected chi connectivity index (χ1v) is 9.26. The Morgan fingerprint density at radius 3 is 2.27 bits per heavy atom. The Kier molecular flexibility index (Phi) is 4.24. The molecular weight excluding hydrogens is 340 g/mol. The fourth-order valence-electron chi connectivity index (χ4n) is 2.01. The molecule has 0 aliphatic heterocycles. The summed E-state index contributed by atoms with van der Waals surface area (Å²) in [6.45, 7) is 0. The summed E-state index contributed by atoms with van der Waals surface area (Å²) in [5.41, 5.74) is 2.43. The molecule has 0 amide bonds. The molecule has 1 aromatic heterocycles. The van der Waals surface area contributed by atoms with Crippen molar-refractivity contribution in [1.29, 1.82) is 0 Å². The van der Waals surface area contributed by atoms with Crippen molar-refractivity contribution >= 4 is 33.0 Å². The molecule has 2 aromatic carbocycles. The van der Waals surface area contributed by atoms with Gasteiger partial charge >= 0.3 is 0 Å². The molecule has 0 fully saturated rings. The Balaban J connectivity index is 1.82.